The van der Waals surface area contributed by atoms with Crippen molar-refractivity contribution in [2.45, 2.75) is 20.3 Å². The van der Waals surface area contributed by atoms with Crippen molar-refractivity contribution in [3.63, 3.8) is 0 Å². The average molecular weight is 340 g/mol. The lowest BCUT2D eigenvalue weighted by molar-refractivity contribution is -0.385. The van der Waals surface area contributed by atoms with Crippen LogP contribution in [-0.2, 0) is 16.0 Å². The van der Waals surface area contributed by atoms with Crippen LogP contribution in [-0.4, -0.2) is 15.9 Å². The summed E-state index contributed by atoms with van der Waals surface area (Å²) in [6.45, 7) is 3.55. The van der Waals surface area contributed by atoms with E-state index in [2.05, 4.69) is 4.98 Å². The molecular weight excluding hydrogens is 324 g/mol. The van der Waals surface area contributed by atoms with Crippen molar-refractivity contribution in [1.29, 1.82) is 0 Å². The third-order valence-electron chi connectivity index (χ3n) is 3.72. The van der Waals surface area contributed by atoms with Crippen molar-refractivity contribution < 1.29 is 19.2 Å². The number of allylic oxidation sites excluding steroid dienone is 1. The Labute approximate surface area is 144 Å². The molecule has 7 nitrogen and oxygen atoms in total. The average Bonchev–Trinajstić information content (AvgIpc) is 2.99. The number of benzene rings is 1. The molecule has 0 atom stereocenters. The monoisotopic (exact) mass is 340 g/mol. The third kappa shape index (κ3) is 3.50. The molecule has 0 spiro atoms. The van der Waals surface area contributed by atoms with E-state index in [1.54, 1.807) is 26.0 Å². The van der Waals surface area contributed by atoms with Gasteiger partial charge in [0.25, 0.3) is 5.69 Å². The van der Waals surface area contributed by atoms with Crippen LogP contribution in [0, 0.1) is 16.0 Å². The lowest BCUT2D eigenvalue weighted by Gasteiger charge is -2.12. The summed E-state index contributed by atoms with van der Waals surface area (Å²) in [6, 6.07) is 8.21. The molecule has 0 N–H and O–H groups in total. The number of pyridine rings is 1. The van der Waals surface area contributed by atoms with Crippen LogP contribution in [0.3, 0.4) is 0 Å². The highest BCUT2D eigenvalue weighted by atomic mass is 16.6. The molecule has 1 aromatic heterocycles. The van der Waals surface area contributed by atoms with Gasteiger partial charge in [-0.15, -0.1) is 0 Å². The number of rotatable bonds is 5. The quantitative estimate of drug-likeness (QED) is 0.466. The van der Waals surface area contributed by atoms with Gasteiger partial charge in [0.15, 0.2) is 0 Å². The third-order valence-corrected chi connectivity index (χ3v) is 3.72. The summed E-state index contributed by atoms with van der Waals surface area (Å²) < 4.78 is 11.2. The van der Waals surface area contributed by atoms with E-state index in [0.717, 1.165) is 17.3 Å². The predicted octanol–water partition coefficient (Wildman–Crippen LogP) is 3.88. The van der Waals surface area contributed by atoms with E-state index in [0.29, 0.717) is 17.9 Å². The smallest absolute Gasteiger partial charge is 0.313 e. The number of carbonyl (C=O) groups is 1. The number of nitrogens with zero attached hydrogens (tertiary/aromatic N) is 2. The molecule has 1 aromatic carbocycles. The number of ether oxygens (including phenoxy) is 2. The Morgan fingerprint density at radius 1 is 1.28 bits per heavy atom. The maximum Gasteiger partial charge on any atom is 0.313 e. The van der Waals surface area contributed by atoms with Gasteiger partial charge in [-0.3, -0.25) is 14.9 Å². The molecule has 1 aliphatic rings. The Hall–Kier alpha value is -3.22. The fourth-order valence-corrected chi connectivity index (χ4v) is 2.38. The molecule has 2 aromatic rings. The summed E-state index contributed by atoms with van der Waals surface area (Å²) in [5.74, 6) is 0.851. The number of nitro groups is 1. The summed E-state index contributed by atoms with van der Waals surface area (Å²) in [4.78, 5) is 25.9. The van der Waals surface area contributed by atoms with Crippen molar-refractivity contribution in [1.82, 2.24) is 4.98 Å². The van der Waals surface area contributed by atoms with Crippen molar-refractivity contribution in [2.24, 2.45) is 5.92 Å². The minimum atomic E-state index is -0.518. The van der Waals surface area contributed by atoms with E-state index in [1.807, 2.05) is 12.1 Å². The Balaban J connectivity index is 1.81. The Bertz CT molecular complexity index is 856. The number of aromatic nitrogens is 1. The molecule has 1 aliphatic carbocycles. The molecule has 0 aliphatic heterocycles. The number of carbonyl (C=O) groups excluding carboxylic acids is 1. The normalized spacial score (nSPS) is 12.5. The second-order valence-corrected chi connectivity index (χ2v) is 5.84. The molecule has 3 rings (SSSR count). The van der Waals surface area contributed by atoms with E-state index in [-0.39, 0.29) is 23.5 Å². The van der Waals surface area contributed by atoms with Gasteiger partial charge in [0.1, 0.15) is 17.7 Å². The summed E-state index contributed by atoms with van der Waals surface area (Å²) in [7, 11) is 0. The van der Waals surface area contributed by atoms with Crippen LogP contribution in [0.25, 0.3) is 5.76 Å². The molecule has 128 valence electrons. The van der Waals surface area contributed by atoms with Crippen molar-refractivity contribution in [3.05, 3.63) is 63.8 Å². The minimum absolute atomic E-state index is 0.102. The van der Waals surface area contributed by atoms with Crippen LogP contribution in [0.2, 0.25) is 0 Å². The van der Waals surface area contributed by atoms with E-state index < -0.39 is 4.92 Å². The number of hydrogen-bond donors (Lipinski definition) is 0. The van der Waals surface area contributed by atoms with Gasteiger partial charge < -0.3 is 9.47 Å². The molecule has 0 unspecified atom stereocenters. The summed E-state index contributed by atoms with van der Waals surface area (Å²) in [5.41, 5.74) is 1.58. The molecule has 0 saturated heterocycles. The molecule has 0 bridgehead atoms. The summed E-state index contributed by atoms with van der Waals surface area (Å²) >= 11 is 0. The first-order valence-electron chi connectivity index (χ1n) is 7.78. The van der Waals surface area contributed by atoms with Crippen molar-refractivity contribution in [2.75, 3.05) is 0 Å². The molecule has 7 heteroatoms. The standard InChI is InChI=1S/C18H16N2O5/c1-11(2)18(21)25-16-8-7-14-13(16)4-3-5-15(14)24-17-9-6-12(10-19-17)20(22)23/h3-6,8-11H,7H2,1-2H3. The van der Waals surface area contributed by atoms with E-state index in [4.69, 9.17) is 9.47 Å². The summed E-state index contributed by atoms with van der Waals surface area (Å²) in [6.07, 6.45) is 3.55. The molecule has 0 fully saturated rings. The van der Waals surface area contributed by atoms with Crippen molar-refractivity contribution in [3.8, 4) is 11.6 Å². The van der Waals surface area contributed by atoms with E-state index >= 15 is 0 Å². The molecule has 0 saturated carbocycles. The van der Waals surface area contributed by atoms with Gasteiger partial charge in [0.05, 0.1) is 10.8 Å². The fourth-order valence-electron chi connectivity index (χ4n) is 2.38. The lowest BCUT2D eigenvalue weighted by Crippen LogP contribution is -2.10. The first-order valence-corrected chi connectivity index (χ1v) is 7.78. The van der Waals surface area contributed by atoms with Crippen LogP contribution in [0.1, 0.15) is 25.0 Å². The van der Waals surface area contributed by atoms with Gasteiger partial charge in [-0.1, -0.05) is 26.0 Å². The molecule has 0 radical (unpaired) electrons. The van der Waals surface area contributed by atoms with Gasteiger partial charge in [-0.2, -0.15) is 0 Å². The largest absolute Gasteiger partial charge is 0.439 e. The van der Waals surface area contributed by atoms with Gasteiger partial charge >= 0.3 is 5.97 Å². The van der Waals surface area contributed by atoms with Crippen LogP contribution in [0.5, 0.6) is 11.6 Å². The number of hydrogen-bond acceptors (Lipinski definition) is 6. The van der Waals surface area contributed by atoms with Crippen molar-refractivity contribution >= 4 is 17.4 Å². The molecular formula is C18H16N2O5. The van der Waals surface area contributed by atoms with Crippen LogP contribution in [0.15, 0.2) is 42.6 Å². The topological polar surface area (TPSA) is 91.6 Å². The van der Waals surface area contributed by atoms with E-state index in [1.165, 1.54) is 12.1 Å². The zero-order valence-electron chi connectivity index (χ0n) is 13.8. The van der Waals surface area contributed by atoms with Gasteiger partial charge in [0.2, 0.25) is 5.88 Å². The van der Waals surface area contributed by atoms with Crippen LogP contribution < -0.4 is 4.74 Å². The molecule has 0 amide bonds. The highest BCUT2D eigenvalue weighted by Crippen LogP contribution is 2.36. The molecule has 1 heterocycles. The zero-order chi connectivity index (χ0) is 18.0. The SMILES string of the molecule is CC(C)C(=O)OC1=CCc2c(Oc3ccc([N+](=O)[O-])cn3)cccc21. The zero-order valence-corrected chi connectivity index (χ0v) is 13.8. The van der Waals surface area contributed by atoms with Gasteiger partial charge in [-0.25, -0.2) is 4.98 Å². The van der Waals surface area contributed by atoms with Gasteiger partial charge in [0, 0.05) is 23.3 Å². The fraction of sp³-hybridized carbons (Fsp3) is 0.222. The van der Waals surface area contributed by atoms with Crippen LogP contribution >= 0.6 is 0 Å². The lowest BCUT2D eigenvalue weighted by atomic mass is 10.1. The maximum atomic E-state index is 11.8. The minimum Gasteiger partial charge on any atom is -0.439 e. The number of fused-ring (bicyclic) bond motifs is 1. The Morgan fingerprint density at radius 2 is 2.08 bits per heavy atom. The second kappa shape index (κ2) is 6.72. The first-order chi connectivity index (χ1) is 12.0. The Morgan fingerprint density at radius 3 is 2.72 bits per heavy atom. The highest BCUT2D eigenvalue weighted by molar-refractivity contribution is 5.82. The summed E-state index contributed by atoms with van der Waals surface area (Å²) in [5, 5.41) is 10.7. The van der Waals surface area contributed by atoms with Gasteiger partial charge in [-0.05, 0) is 18.6 Å². The predicted molar refractivity (Wildman–Crippen MR) is 90.0 cm³/mol. The maximum absolute atomic E-state index is 11.8. The van der Waals surface area contributed by atoms with Crippen LogP contribution in [0.4, 0.5) is 5.69 Å². The highest BCUT2D eigenvalue weighted by Gasteiger charge is 2.23. The van der Waals surface area contributed by atoms with E-state index in [9.17, 15) is 14.9 Å². The number of esters is 1. The Kier molecular flexibility index (Phi) is 4.47. The second-order valence-electron chi connectivity index (χ2n) is 5.84. The first kappa shape index (κ1) is 16.6. The molecule has 25 heavy (non-hydrogen) atoms.